The fraction of sp³-hybridized carbons (Fsp3) is 0.500. The lowest BCUT2D eigenvalue weighted by molar-refractivity contribution is -0.134. The Morgan fingerprint density at radius 3 is 2.77 bits per heavy atom. The number of nitrogens with zero attached hydrogens (tertiary/aromatic N) is 1. The number of carbonyl (C=O) groups is 2. The van der Waals surface area contributed by atoms with Gasteiger partial charge < -0.3 is 19.7 Å². The molecule has 22 heavy (non-hydrogen) atoms. The van der Waals surface area contributed by atoms with Gasteiger partial charge in [-0.3, -0.25) is 9.59 Å². The van der Waals surface area contributed by atoms with Crippen molar-refractivity contribution in [3.63, 3.8) is 0 Å². The van der Waals surface area contributed by atoms with Gasteiger partial charge in [-0.2, -0.15) is 0 Å². The Balaban J connectivity index is 1.94. The number of rotatable bonds is 7. The SMILES string of the molecule is CCCCNC(=O)CN(Cc1ccc2c(c1)OCO2)C(C)=O. The average molecular weight is 306 g/mol. The van der Waals surface area contributed by atoms with Crippen molar-refractivity contribution in [3.05, 3.63) is 23.8 Å². The average Bonchev–Trinajstić information content (AvgIpc) is 2.94. The van der Waals surface area contributed by atoms with E-state index < -0.39 is 0 Å². The van der Waals surface area contributed by atoms with Crippen LogP contribution in [0.15, 0.2) is 18.2 Å². The van der Waals surface area contributed by atoms with E-state index in [1.807, 2.05) is 18.2 Å². The summed E-state index contributed by atoms with van der Waals surface area (Å²) >= 11 is 0. The molecule has 0 spiro atoms. The monoisotopic (exact) mass is 306 g/mol. The van der Waals surface area contributed by atoms with Crippen LogP contribution in [0.25, 0.3) is 0 Å². The van der Waals surface area contributed by atoms with Crippen molar-refractivity contribution in [2.75, 3.05) is 19.9 Å². The summed E-state index contributed by atoms with van der Waals surface area (Å²) in [4.78, 5) is 25.1. The van der Waals surface area contributed by atoms with E-state index in [0.29, 0.717) is 24.6 Å². The third-order valence-electron chi connectivity index (χ3n) is 3.44. The minimum absolute atomic E-state index is 0.0630. The highest BCUT2D eigenvalue weighted by molar-refractivity contribution is 5.83. The fourth-order valence-corrected chi connectivity index (χ4v) is 2.17. The normalized spacial score (nSPS) is 12.1. The van der Waals surface area contributed by atoms with E-state index in [0.717, 1.165) is 18.4 Å². The predicted molar refractivity (Wildman–Crippen MR) is 81.6 cm³/mol. The molecule has 120 valence electrons. The second kappa shape index (κ2) is 7.68. The number of carbonyl (C=O) groups excluding carboxylic acids is 2. The van der Waals surface area contributed by atoms with Crippen LogP contribution in [0.5, 0.6) is 11.5 Å². The summed E-state index contributed by atoms with van der Waals surface area (Å²) in [5.74, 6) is 1.11. The van der Waals surface area contributed by atoms with Crippen LogP contribution in [-0.2, 0) is 16.1 Å². The van der Waals surface area contributed by atoms with Crippen molar-refractivity contribution in [2.45, 2.75) is 33.2 Å². The third-order valence-corrected chi connectivity index (χ3v) is 3.44. The van der Waals surface area contributed by atoms with Crippen LogP contribution in [0.4, 0.5) is 0 Å². The molecular weight excluding hydrogens is 284 g/mol. The van der Waals surface area contributed by atoms with Gasteiger partial charge >= 0.3 is 0 Å². The molecule has 0 atom stereocenters. The van der Waals surface area contributed by atoms with Crippen LogP contribution < -0.4 is 14.8 Å². The van der Waals surface area contributed by atoms with E-state index >= 15 is 0 Å². The smallest absolute Gasteiger partial charge is 0.239 e. The van der Waals surface area contributed by atoms with Gasteiger partial charge in [0, 0.05) is 20.0 Å². The Morgan fingerprint density at radius 2 is 2.05 bits per heavy atom. The van der Waals surface area contributed by atoms with Gasteiger partial charge in [0.05, 0.1) is 6.54 Å². The number of hydrogen-bond donors (Lipinski definition) is 1. The van der Waals surface area contributed by atoms with Gasteiger partial charge in [-0.15, -0.1) is 0 Å². The minimum Gasteiger partial charge on any atom is -0.454 e. The first-order valence-electron chi connectivity index (χ1n) is 7.51. The number of fused-ring (bicyclic) bond motifs is 1. The first kappa shape index (κ1) is 16.1. The number of nitrogens with one attached hydrogen (secondary N) is 1. The number of amides is 2. The second-order valence-corrected chi connectivity index (χ2v) is 5.27. The molecule has 1 N–H and O–H groups in total. The predicted octanol–water partition coefficient (Wildman–Crippen LogP) is 1.68. The van der Waals surface area contributed by atoms with Crippen LogP contribution in [0.2, 0.25) is 0 Å². The number of unbranched alkanes of at least 4 members (excludes halogenated alkanes) is 1. The quantitative estimate of drug-likeness (QED) is 0.778. The van der Waals surface area contributed by atoms with Crippen molar-refractivity contribution in [1.82, 2.24) is 10.2 Å². The maximum Gasteiger partial charge on any atom is 0.239 e. The zero-order chi connectivity index (χ0) is 15.9. The molecule has 0 bridgehead atoms. The minimum atomic E-state index is -0.136. The lowest BCUT2D eigenvalue weighted by atomic mass is 10.2. The molecule has 6 heteroatoms. The second-order valence-electron chi connectivity index (χ2n) is 5.27. The molecule has 0 radical (unpaired) electrons. The molecule has 2 amide bonds. The van der Waals surface area contributed by atoms with E-state index in [1.54, 1.807) is 0 Å². The molecule has 0 aliphatic carbocycles. The van der Waals surface area contributed by atoms with Crippen molar-refractivity contribution in [3.8, 4) is 11.5 Å². The van der Waals surface area contributed by atoms with E-state index in [-0.39, 0.29) is 25.2 Å². The highest BCUT2D eigenvalue weighted by Crippen LogP contribution is 2.32. The maximum absolute atomic E-state index is 11.9. The Hall–Kier alpha value is -2.24. The van der Waals surface area contributed by atoms with Crippen molar-refractivity contribution >= 4 is 11.8 Å². The molecule has 0 aromatic heterocycles. The standard InChI is InChI=1S/C16H22N2O4/c1-3-4-7-17-16(20)10-18(12(2)19)9-13-5-6-14-15(8-13)22-11-21-14/h5-6,8H,3-4,7,9-11H2,1-2H3,(H,17,20). The Kier molecular flexibility index (Phi) is 5.63. The van der Waals surface area contributed by atoms with Crippen molar-refractivity contribution < 1.29 is 19.1 Å². The molecule has 1 aliphatic heterocycles. The Bertz CT molecular complexity index is 545. The lowest BCUT2D eigenvalue weighted by Gasteiger charge is -2.20. The summed E-state index contributed by atoms with van der Waals surface area (Å²) in [5.41, 5.74) is 0.904. The first-order valence-corrected chi connectivity index (χ1v) is 7.51. The van der Waals surface area contributed by atoms with Crippen LogP contribution in [-0.4, -0.2) is 36.6 Å². The molecular formula is C16H22N2O4. The van der Waals surface area contributed by atoms with Crippen molar-refractivity contribution in [1.29, 1.82) is 0 Å². The largest absolute Gasteiger partial charge is 0.454 e. The van der Waals surface area contributed by atoms with E-state index in [2.05, 4.69) is 12.2 Å². The molecule has 0 unspecified atom stereocenters. The van der Waals surface area contributed by atoms with E-state index in [4.69, 9.17) is 9.47 Å². The van der Waals surface area contributed by atoms with Crippen LogP contribution in [0.1, 0.15) is 32.3 Å². The molecule has 1 aromatic carbocycles. The maximum atomic E-state index is 11.9. The van der Waals surface area contributed by atoms with Gasteiger partial charge in [-0.25, -0.2) is 0 Å². The lowest BCUT2D eigenvalue weighted by Crippen LogP contribution is -2.39. The molecule has 0 fully saturated rings. The molecule has 2 rings (SSSR count). The number of ether oxygens (including phenoxy) is 2. The molecule has 1 heterocycles. The molecule has 0 saturated heterocycles. The zero-order valence-corrected chi connectivity index (χ0v) is 13.1. The molecule has 0 saturated carbocycles. The number of benzene rings is 1. The summed E-state index contributed by atoms with van der Waals surface area (Å²) in [6.45, 7) is 4.82. The molecule has 1 aliphatic rings. The summed E-state index contributed by atoms with van der Waals surface area (Å²) in [7, 11) is 0. The van der Waals surface area contributed by atoms with E-state index in [9.17, 15) is 9.59 Å². The molecule has 6 nitrogen and oxygen atoms in total. The summed E-state index contributed by atoms with van der Waals surface area (Å²) < 4.78 is 10.6. The van der Waals surface area contributed by atoms with Gasteiger partial charge in [0.15, 0.2) is 11.5 Å². The highest BCUT2D eigenvalue weighted by Gasteiger charge is 2.17. The van der Waals surface area contributed by atoms with Gasteiger partial charge in [0.25, 0.3) is 0 Å². The molecule has 1 aromatic rings. The van der Waals surface area contributed by atoms with E-state index in [1.165, 1.54) is 11.8 Å². The highest BCUT2D eigenvalue weighted by atomic mass is 16.7. The Morgan fingerprint density at radius 1 is 1.27 bits per heavy atom. The third kappa shape index (κ3) is 4.38. The summed E-state index contributed by atoms with van der Waals surface area (Å²) in [5, 5.41) is 2.82. The van der Waals surface area contributed by atoms with Gasteiger partial charge in [-0.05, 0) is 24.1 Å². The van der Waals surface area contributed by atoms with Gasteiger partial charge in [0.1, 0.15) is 0 Å². The summed E-state index contributed by atoms with van der Waals surface area (Å²) in [6.07, 6.45) is 1.96. The van der Waals surface area contributed by atoms with Crippen LogP contribution in [0, 0.1) is 0 Å². The fourth-order valence-electron chi connectivity index (χ4n) is 2.17. The van der Waals surface area contributed by atoms with Crippen molar-refractivity contribution in [2.24, 2.45) is 0 Å². The van der Waals surface area contributed by atoms with Crippen LogP contribution >= 0.6 is 0 Å². The number of hydrogen-bond acceptors (Lipinski definition) is 4. The zero-order valence-electron chi connectivity index (χ0n) is 13.1. The van der Waals surface area contributed by atoms with Crippen LogP contribution in [0.3, 0.4) is 0 Å². The Labute approximate surface area is 130 Å². The summed E-state index contributed by atoms with van der Waals surface area (Å²) in [6, 6.07) is 5.53. The van der Waals surface area contributed by atoms with Gasteiger partial charge in [-0.1, -0.05) is 19.4 Å². The van der Waals surface area contributed by atoms with Gasteiger partial charge in [0.2, 0.25) is 18.6 Å². The topological polar surface area (TPSA) is 67.9 Å². The first-order chi connectivity index (χ1) is 10.6.